The number of carbonyl (C=O) groups excluding carboxylic acids is 2. The molecule has 0 aliphatic carbocycles. The van der Waals surface area contributed by atoms with Crippen LogP contribution in [-0.4, -0.2) is 49.4 Å². The molecule has 19 heavy (non-hydrogen) atoms. The molecule has 0 aromatic carbocycles. The predicted octanol–water partition coefficient (Wildman–Crippen LogP) is 0.361. The quantitative estimate of drug-likeness (QED) is 0.773. The van der Waals surface area contributed by atoms with Gasteiger partial charge in [-0.05, 0) is 45.2 Å². The maximum atomic E-state index is 12.5. The SMILES string of the molecule is CCN(CC1CCCNC1)C(=O)C1CCC(=O)NC1. The maximum absolute atomic E-state index is 12.5. The number of carbonyl (C=O) groups is 2. The van der Waals surface area contributed by atoms with Gasteiger partial charge in [-0.1, -0.05) is 0 Å². The van der Waals surface area contributed by atoms with Gasteiger partial charge in [0.1, 0.15) is 0 Å². The third-order valence-electron chi connectivity index (χ3n) is 4.19. The molecule has 2 saturated heterocycles. The first-order chi connectivity index (χ1) is 9.20. The summed E-state index contributed by atoms with van der Waals surface area (Å²) in [7, 11) is 0. The van der Waals surface area contributed by atoms with E-state index in [0.717, 1.165) is 26.2 Å². The Bertz CT molecular complexity index is 317. The summed E-state index contributed by atoms with van der Waals surface area (Å²) >= 11 is 0. The van der Waals surface area contributed by atoms with Crippen LogP contribution in [0.1, 0.15) is 32.6 Å². The Morgan fingerprint density at radius 3 is 2.79 bits per heavy atom. The second-order valence-electron chi connectivity index (χ2n) is 5.63. The smallest absolute Gasteiger partial charge is 0.227 e. The van der Waals surface area contributed by atoms with Crippen LogP contribution >= 0.6 is 0 Å². The fourth-order valence-corrected chi connectivity index (χ4v) is 2.97. The molecule has 2 atom stereocenters. The number of hydrogen-bond acceptors (Lipinski definition) is 3. The molecule has 2 aliphatic rings. The van der Waals surface area contributed by atoms with Crippen molar-refractivity contribution in [1.29, 1.82) is 0 Å². The molecule has 5 nitrogen and oxygen atoms in total. The first-order valence-electron chi connectivity index (χ1n) is 7.47. The molecule has 0 aromatic heterocycles. The van der Waals surface area contributed by atoms with Crippen LogP contribution < -0.4 is 10.6 Å². The van der Waals surface area contributed by atoms with E-state index in [2.05, 4.69) is 10.6 Å². The van der Waals surface area contributed by atoms with E-state index in [0.29, 0.717) is 25.3 Å². The fourth-order valence-electron chi connectivity index (χ4n) is 2.97. The molecule has 2 rings (SSSR count). The summed E-state index contributed by atoms with van der Waals surface area (Å²) in [6, 6.07) is 0. The highest BCUT2D eigenvalue weighted by Gasteiger charge is 2.29. The van der Waals surface area contributed by atoms with E-state index in [4.69, 9.17) is 0 Å². The largest absolute Gasteiger partial charge is 0.355 e. The molecule has 0 spiro atoms. The number of nitrogens with one attached hydrogen (secondary N) is 2. The third kappa shape index (κ3) is 3.93. The van der Waals surface area contributed by atoms with Gasteiger partial charge in [0.25, 0.3) is 0 Å². The van der Waals surface area contributed by atoms with E-state index < -0.39 is 0 Å². The van der Waals surface area contributed by atoms with E-state index in [1.807, 2.05) is 11.8 Å². The summed E-state index contributed by atoms with van der Waals surface area (Å²) < 4.78 is 0. The van der Waals surface area contributed by atoms with Crippen LogP contribution in [0.15, 0.2) is 0 Å². The standard InChI is InChI=1S/C14H25N3O2/c1-2-17(10-11-4-3-7-15-8-11)14(19)12-5-6-13(18)16-9-12/h11-12,15H,2-10H2,1H3,(H,16,18). The lowest BCUT2D eigenvalue weighted by Gasteiger charge is -2.33. The van der Waals surface area contributed by atoms with Gasteiger partial charge in [0, 0.05) is 26.1 Å². The summed E-state index contributed by atoms with van der Waals surface area (Å²) in [5.74, 6) is 0.849. The molecular weight excluding hydrogens is 242 g/mol. The zero-order chi connectivity index (χ0) is 13.7. The highest BCUT2D eigenvalue weighted by molar-refractivity contribution is 5.83. The normalized spacial score (nSPS) is 27.7. The van der Waals surface area contributed by atoms with Gasteiger partial charge >= 0.3 is 0 Å². The van der Waals surface area contributed by atoms with Crippen LogP contribution in [0, 0.1) is 11.8 Å². The molecule has 2 N–H and O–H groups in total. The lowest BCUT2D eigenvalue weighted by molar-refractivity contribution is -0.138. The molecule has 2 heterocycles. The fraction of sp³-hybridized carbons (Fsp3) is 0.857. The molecule has 0 bridgehead atoms. The van der Waals surface area contributed by atoms with Crippen LogP contribution in [0.25, 0.3) is 0 Å². The van der Waals surface area contributed by atoms with Crippen LogP contribution in [0.2, 0.25) is 0 Å². The minimum absolute atomic E-state index is 0.0193. The van der Waals surface area contributed by atoms with E-state index in [1.54, 1.807) is 0 Å². The molecule has 108 valence electrons. The molecule has 2 fully saturated rings. The van der Waals surface area contributed by atoms with E-state index in [9.17, 15) is 9.59 Å². The van der Waals surface area contributed by atoms with E-state index >= 15 is 0 Å². The van der Waals surface area contributed by atoms with Crippen molar-refractivity contribution in [3.05, 3.63) is 0 Å². The van der Waals surface area contributed by atoms with Gasteiger partial charge in [-0.25, -0.2) is 0 Å². The lowest BCUT2D eigenvalue weighted by Crippen LogP contribution is -2.47. The van der Waals surface area contributed by atoms with Gasteiger partial charge in [-0.2, -0.15) is 0 Å². The Morgan fingerprint density at radius 2 is 2.21 bits per heavy atom. The van der Waals surface area contributed by atoms with Crippen molar-refractivity contribution in [1.82, 2.24) is 15.5 Å². The van der Waals surface area contributed by atoms with E-state index in [1.165, 1.54) is 12.8 Å². The second kappa shape index (κ2) is 6.89. The summed E-state index contributed by atoms with van der Waals surface area (Å²) in [6.45, 7) is 6.29. The van der Waals surface area contributed by atoms with Crippen LogP contribution in [-0.2, 0) is 9.59 Å². The van der Waals surface area contributed by atoms with Gasteiger partial charge in [0.2, 0.25) is 11.8 Å². The van der Waals surface area contributed by atoms with Crippen molar-refractivity contribution in [3.8, 4) is 0 Å². The Balaban J connectivity index is 1.85. The van der Waals surface area contributed by atoms with Crippen molar-refractivity contribution in [2.45, 2.75) is 32.6 Å². The molecule has 0 saturated carbocycles. The zero-order valence-electron chi connectivity index (χ0n) is 11.8. The van der Waals surface area contributed by atoms with Crippen molar-refractivity contribution in [2.75, 3.05) is 32.7 Å². The Morgan fingerprint density at radius 1 is 1.37 bits per heavy atom. The van der Waals surface area contributed by atoms with E-state index in [-0.39, 0.29) is 17.7 Å². The maximum Gasteiger partial charge on any atom is 0.227 e. The highest BCUT2D eigenvalue weighted by Crippen LogP contribution is 2.17. The third-order valence-corrected chi connectivity index (χ3v) is 4.19. The average molecular weight is 267 g/mol. The van der Waals surface area contributed by atoms with Crippen molar-refractivity contribution >= 4 is 11.8 Å². The second-order valence-corrected chi connectivity index (χ2v) is 5.63. The highest BCUT2D eigenvalue weighted by atomic mass is 16.2. The average Bonchev–Trinajstić information content (AvgIpc) is 2.46. The number of rotatable bonds is 4. The first kappa shape index (κ1) is 14.3. The van der Waals surface area contributed by atoms with Gasteiger partial charge in [-0.15, -0.1) is 0 Å². The number of amides is 2. The van der Waals surface area contributed by atoms with Crippen LogP contribution in [0.5, 0.6) is 0 Å². The molecule has 2 unspecified atom stereocenters. The summed E-state index contributed by atoms with van der Waals surface area (Å²) in [4.78, 5) is 25.6. The summed E-state index contributed by atoms with van der Waals surface area (Å²) in [5, 5.41) is 6.19. The molecule has 0 radical (unpaired) electrons. The number of nitrogens with zero attached hydrogens (tertiary/aromatic N) is 1. The van der Waals surface area contributed by atoms with Crippen molar-refractivity contribution in [2.24, 2.45) is 11.8 Å². The molecule has 0 aromatic rings. The van der Waals surface area contributed by atoms with Gasteiger partial charge in [0.15, 0.2) is 0 Å². The minimum atomic E-state index is -0.0193. The van der Waals surface area contributed by atoms with Gasteiger partial charge in [0.05, 0.1) is 5.92 Å². The molecule has 5 heteroatoms. The Labute approximate surface area is 115 Å². The number of hydrogen-bond donors (Lipinski definition) is 2. The topological polar surface area (TPSA) is 61.4 Å². The molecular formula is C14H25N3O2. The monoisotopic (exact) mass is 267 g/mol. The van der Waals surface area contributed by atoms with Crippen molar-refractivity contribution < 1.29 is 9.59 Å². The van der Waals surface area contributed by atoms with Crippen molar-refractivity contribution in [3.63, 3.8) is 0 Å². The molecule has 2 amide bonds. The minimum Gasteiger partial charge on any atom is -0.355 e. The molecule has 2 aliphatic heterocycles. The summed E-state index contributed by atoms with van der Waals surface area (Å²) in [6.07, 6.45) is 3.59. The van der Waals surface area contributed by atoms with Gasteiger partial charge in [-0.3, -0.25) is 9.59 Å². The van der Waals surface area contributed by atoms with Crippen LogP contribution in [0.4, 0.5) is 0 Å². The number of piperidine rings is 2. The predicted molar refractivity (Wildman–Crippen MR) is 73.6 cm³/mol. The van der Waals surface area contributed by atoms with Gasteiger partial charge < -0.3 is 15.5 Å². The Hall–Kier alpha value is -1.10. The lowest BCUT2D eigenvalue weighted by atomic mass is 9.95. The Kier molecular flexibility index (Phi) is 5.19. The van der Waals surface area contributed by atoms with Crippen LogP contribution in [0.3, 0.4) is 0 Å². The summed E-state index contributed by atoms with van der Waals surface area (Å²) in [5.41, 5.74) is 0. The zero-order valence-corrected chi connectivity index (χ0v) is 11.8. The first-order valence-corrected chi connectivity index (χ1v) is 7.47.